The van der Waals surface area contributed by atoms with Crippen molar-refractivity contribution in [1.29, 1.82) is 0 Å². The number of benzene rings is 1. The summed E-state index contributed by atoms with van der Waals surface area (Å²) in [6.07, 6.45) is 3.09. The zero-order valence-electron chi connectivity index (χ0n) is 12.7. The van der Waals surface area contributed by atoms with Crippen molar-refractivity contribution in [2.75, 3.05) is 13.1 Å². The number of pyridine rings is 1. The predicted octanol–water partition coefficient (Wildman–Crippen LogP) is 3.62. The standard InChI is InChI=1S/C18H19ClN2O2/c19-15-6-2-1-5-14(15)17(16-7-3-4-10-20-16)21-11-8-13(9-12-21)18(22)23/h1-7,10,13,17H,8-9,11-12H2,(H,22,23). The minimum Gasteiger partial charge on any atom is -0.481 e. The molecular formula is C18H19ClN2O2. The van der Waals surface area contributed by atoms with Crippen molar-refractivity contribution in [1.82, 2.24) is 9.88 Å². The Balaban J connectivity index is 1.91. The third-order valence-electron chi connectivity index (χ3n) is 4.41. The van der Waals surface area contributed by atoms with Crippen LogP contribution in [0.15, 0.2) is 48.7 Å². The van der Waals surface area contributed by atoms with E-state index in [9.17, 15) is 9.90 Å². The maximum absolute atomic E-state index is 11.2. The van der Waals surface area contributed by atoms with E-state index >= 15 is 0 Å². The van der Waals surface area contributed by atoms with Crippen LogP contribution in [0.1, 0.15) is 30.1 Å². The van der Waals surface area contributed by atoms with Gasteiger partial charge in [-0.1, -0.05) is 35.9 Å². The highest BCUT2D eigenvalue weighted by Gasteiger charge is 2.31. The summed E-state index contributed by atoms with van der Waals surface area (Å²) in [5.41, 5.74) is 1.95. The van der Waals surface area contributed by atoms with Crippen LogP contribution in [0.3, 0.4) is 0 Å². The average Bonchev–Trinajstić information content (AvgIpc) is 2.58. The molecule has 23 heavy (non-hydrogen) atoms. The SMILES string of the molecule is O=C(O)C1CCN(C(c2ccccn2)c2ccccc2Cl)CC1. The molecule has 120 valence electrons. The fraction of sp³-hybridized carbons (Fsp3) is 0.333. The molecular weight excluding hydrogens is 312 g/mol. The smallest absolute Gasteiger partial charge is 0.306 e. The van der Waals surface area contributed by atoms with E-state index in [4.69, 9.17) is 11.6 Å². The van der Waals surface area contributed by atoms with Gasteiger partial charge in [0.1, 0.15) is 0 Å². The third kappa shape index (κ3) is 3.54. The van der Waals surface area contributed by atoms with E-state index in [-0.39, 0.29) is 12.0 Å². The molecule has 5 heteroatoms. The lowest BCUT2D eigenvalue weighted by atomic mass is 9.93. The number of hydrogen-bond donors (Lipinski definition) is 1. The zero-order chi connectivity index (χ0) is 16.2. The molecule has 1 N–H and O–H groups in total. The first kappa shape index (κ1) is 16.0. The molecule has 2 heterocycles. The molecule has 0 radical (unpaired) electrons. The van der Waals surface area contributed by atoms with E-state index < -0.39 is 5.97 Å². The van der Waals surface area contributed by atoms with Gasteiger partial charge in [-0.15, -0.1) is 0 Å². The van der Waals surface area contributed by atoms with E-state index in [2.05, 4.69) is 9.88 Å². The second kappa shape index (κ2) is 7.11. The lowest BCUT2D eigenvalue weighted by Gasteiger charge is -2.36. The van der Waals surface area contributed by atoms with Crippen LogP contribution in [0, 0.1) is 5.92 Å². The number of aliphatic carboxylic acids is 1. The largest absolute Gasteiger partial charge is 0.481 e. The molecule has 1 aromatic carbocycles. The molecule has 1 unspecified atom stereocenters. The van der Waals surface area contributed by atoms with Gasteiger partial charge in [0.25, 0.3) is 0 Å². The lowest BCUT2D eigenvalue weighted by molar-refractivity contribution is -0.143. The number of halogens is 1. The van der Waals surface area contributed by atoms with Gasteiger partial charge in [0, 0.05) is 11.2 Å². The van der Waals surface area contributed by atoms with Gasteiger partial charge in [-0.2, -0.15) is 0 Å². The molecule has 1 fully saturated rings. The summed E-state index contributed by atoms with van der Waals surface area (Å²) in [5.74, 6) is -0.946. The molecule has 2 aromatic rings. The summed E-state index contributed by atoms with van der Waals surface area (Å²) in [5, 5.41) is 9.90. The molecule has 0 amide bonds. The Hall–Kier alpha value is -1.91. The van der Waals surface area contributed by atoms with Crippen LogP contribution >= 0.6 is 11.6 Å². The fourth-order valence-electron chi connectivity index (χ4n) is 3.18. The van der Waals surface area contributed by atoms with Crippen molar-refractivity contribution in [3.8, 4) is 0 Å². The first-order chi connectivity index (χ1) is 11.2. The number of rotatable bonds is 4. The molecule has 0 aliphatic carbocycles. The Labute approximate surface area is 140 Å². The Morgan fingerprint density at radius 2 is 1.87 bits per heavy atom. The first-order valence-electron chi connectivity index (χ1n) is 7.79. The molecule has 1 atom stereocenters. The number of likely N-dealkylation sites (tertiary alicyclic amines) is 1. The Bertz CT molecular complexity index is 670. The van der Waals surface area contributed by atoms with Gasteiger partial charge in [-0.05, 0) is 49.7 Å². The van der Waals surface area contributed by atoms with Crippen LogP contribution in [0.4, 0.5) is 0 Å². The van der Waals surface area contributed by atoms with E-state index in [1.165, 1.54) is 0 Å². The predicted molar refractivity (Wildman–Crippen MR) is 89.5 cm³/mol. The van der Waals surface area contributed by atoms with Crippen LogP contribution in [0.2, 0.25) is 5.02 Å². The maximum atomic E-state index is 11.2. The number of aromatic nitrogens is 1. The Morgan fingerprint density at radius 1 is 1.17 bits per heavy atom. The van der Waals surface area contributed by atoms with Gasteiger partial charge < -0.3 is 5.11 Å². The van der Waals surface area contributed by atoms with Crippen LogP contribution in [-0.4, -0.2) is 34.0 Å². The monoisotopic (exact) mass is 330 g/mol. The van der Waals surface area contributed by atoms with Crippen LogP contribution in [0.5, 0.6) is 0 Å². The van der Waals surface area contributed by atoms with Crippen molar-refractivity contribution >= 4 is 17.6 Å². The number of nitrogens with zero attached hydrogens (tertiary/aromatic N) is 2. The Kier molecular flexibility index (Phi) is 4.94. The molecule has 3 rings (SSSR count). The minimum atomic E-state index is -0.697. The number of carboxylic acids is 1. The molecule has 4 nitrogen and oxygen atoms in total. The normalized spacial score (nSPS) is 17.8. The topological polar surface area (TPSA) is 53.4 Å². The highest BCUT2D eigenvalue weighted by molar-refractivity contribution is 6.31. The number of piperidine rings is 1. The molecule has 1 aliphatic rings. The summed E-state index contributed by atoms with van der Waals surface area (Å²) >= 11 is 6.42. The van der Waals surface area contributed by atoms with Crippen molar-refractivity contribution in [3.05, 3.63) is 64.9 Å². The van der Waals surface area contributed by atoms with Crippen molar-refractivity contribution < 1.29 is 9.90 Å². The van der Waals surface area contributed by atoms with Gasteiger partial charge in [-0.3, -0.25) is 14.7 Å². The van der Waals surface area contributed by atoms with E-state index in [0.717, 1.165) is 24.3 Å². The van der Waals surface area contributed by atoms with Crippen LogP contribution < -0.4 is 0 Å². The molecule has 0 saturated carbocycles. The summed E-state index contributed by atoms with van der Waals surface area (Å²) in [4.78, 5) is 18.0. The number of carboxylic acid groups (broad SMARTS) is 1. The summed E-state index contributed by atoms with van der Waals surface area (Å²) < 4.78 is 0. The van der Waals surface area contributed by atoms with E-state index in [1.807, 2.05) is 42.5 Å². The number of carbonyl (C=O) groups is 1. The number of hydrogen-bond acceptors (Lipinski definition) is 3. The molecule has 1 aromatic heterocycles. The van der Waals surface area contributed by atoms with Crippen molar-refractivity contribution in [2.45, 2.75) is 18.9 Å². The minimum absolute atomic E-state index is 0.0420. The molecule has 0 bridgehead atoms. The van der Waals surface area contributed by atoms with Gasteiger partial charge in [0.05, 0.1) is 17.7 Å². The van der Waals surface area contributed by atoms with Gasteiger partial charge in [0.2, 0.25) is 0 Å². The fourth-order valence-corrected chi connectivity index (χ4v) is 3.42. The highest BCUT2D eigenvalue weighted by Crippen LogP contribution is 2.34. The summed E-state index contributed by atoms with van der Waals surface area (Å²) in [6.45, 7) is 1.45. The quantitative estimate of drug-likeness (QED) is 0.930. The van der Waals surface area contributed by atoms with Gasteiger partial charge in [-0.25, -0.2) is 0 Å². The van der Waals surface area contributed by atoms with Gasteiger partial charge >= 0.3 is 5.97 Å². The second-order valence-electron chi connectivity index (χ2n) is 5.83. The molecule has 1 saturated heterocycles. The van der Waals surface area contributed by atoms with Crippen molar-refractivity contribution in [3.63, 3.8) is 0 Å². The highest BCUT2D eigenvalue weighted by atomic mass is 35.5. The Morgan fingerprint density at radius 3 is 2.48 bits per heavy atom. The average molecular weight is 331 g/mol. The first-order valence-corrected chi connectivity index (χ1v) is 8.17. The van der Waals surface area contributed by atoms with Crippen molar-refractivity contribution in [2.24, 2.45) is 5.92 Å². The molecule has 0 spiro atoms. The zero-order valence-corrected chi connectivity index (χ0v) is 13.5. The third-order valence-corrected chi connectivity index (χ3v) is 4.76. The molecule has 1 aliphatic heterocycles. The summed E-state index contributed by atoms with van der Waals surface area (Å²) in [6, 6.07) is 13.6. The van der Waals surface area contributed by atoms with Crippen LogP contribution in [0.25, 0.3) is 0 Å². The van der Waals surface area contributed by atoms with Crippen LogP contribution in [-0.2, 0) is 4.79 Å². The lowest BCUT2D eigenvalue weighted by Crippen LogP contribution is -2.39. The second-order valence-corrected chi connectivity index (χ2v) is 6.23. The summed E-state index contributed by atoms with van der Waals surface area (Å²) in [7, 11) is 0. The maximum Gasteiger partial charge on any atom is 0.306 e. The van der Waals surface area contributed by atoms with Gasteiger partial charge in [0.15, 0.2) is 0 Å². The van der Waals surface area contributed by atoms with E-state index in [1.54, 1.807) is 6.20 Å². The van der Waals surface area contributed by atoms with E-state index in [0.29, 0.717) is 17.9 Å².